The average molecular weight is 468 g/mol. The number of nitrogens with one attached hydrogen (secondary N) is 1. The summed E-state index contributed by atoms with van der Waals surface area (Å²) in [5, 5.41) is 4.86. The Bertz CT molecular complexity index is 751. The van der Waals surface area contributed by atoms with Gasteiger partial charge in [0.05, 0.1) is 6.61 Å². The fourth-order valence-electron chi connectivity index (χ4n) is 4.20. The highest BCUT2D eigenvalue weighted by Crippen LogP contribution is 2.38. The fourth-order valence-corrected chi connectivity index (χ4v) is 4.20. The summed E-state index contributed by atoms with van der Waals surface area (Å²) in [7, 11) is 1.89. The standard InChI is InChI=1S/C20H28N4O.HI/c1-21-19(24-13-8-20(15-24)9-14-25-16-20)22-10-4-11-23-12-7-17-5-2-3-6-18(17)23;/h2-3,5-7,12H,4,8-11,13-16H2,1H3,(H,21,22);1H. The Morgan fingerprint density at radius 2 is 2.15 bits per heavy atom. The Hall–Kier alpha value is -1.28. The number of nitrogens with zero attached hydrogens (tertiary/aromatic N) is 3. The SMILES string of the molecule is CN=C(NCCCn1ccc2ccccc21)N1CCC2(CCOC2)C1.I. The Morgan fingerprint density at radius 3 is 2.96 bits per heavy atom. The molecule has 3 heterocycles. The van der Waals surface area contributed by atoms with E-state index in [1.807, 2.05) is 7.05 Å². The third-order valence-corrected chi connectivity index (χ3v) is 5.67. The van der Waals surface area contributed by atoms with Crippen LogP contribution >= 0.6 is 24.0 Å². The van der Waals surface area contributed by atoms with Crippen LogP contribution in [0.3, 0.4) is 0 Å². The quantitative estimate of drug-likeness (QED) is 0.324. The molecule has 0 amide bonds. The molecule has 2 saturated heterocycles. The number of aliphatic imine (C=N–C) groups is 1. The molecule has 0 radical (unpaired) electrons. The van der Waals surface area contributed by atoms with E-state index in [0.29, 0.717) is 5.41 Å². The number of aromatic nitrogens is 1. The van der Waals surface area contributed by atoms with Gasteiger partial charge in [-0.25, -0.2) is 0 Å². The van der Waals surface area contributed by atoms with Gasteiger partial charge in [0.15, 0.2) is 5.96 Å². The molecule has 1 aromatic heterocycles. The molecule has 5 nitrogen and oxygen atoms in total. The van der Waals surface area contributed by atoms with Gasteiger partial charge in [-0.1, -0.05) is 18.2 Å². The Kier molecular flexibility index (Phi) is 6.45. The van der Waals surface area contributed by atoms with Gasteiger partial charge in [-0.15, -0.1) is 24.0 Å². The van der Waals surface area contributed by atoms with Crippen LogP contribution in [0.1, 0.15) is 19.3 Å². The maximum Gasteiger partial charge on any atom is 0.193 e. The second kappa shape index (κ2) is 8.61. The summed E-state index contributed by atoms with van der Waals surface area (Å²) in [4.78, 5) is 6.90. The lowest BCUT2D eigenvalue weighted by Crippen LogP contribution is -2.41. The predicted molar refractivity (Wildman–Crippen MR) is 117 cm³/mol. The molecule has 1 spiro atoms. The van der Waals surface area contributed by atoms with E-state index in [-0.39, 0.29) is 24.0 Å². The first-order valence-corrected chi connectivity index (χ1v) is 9.37. The van der Waals surface area contributed by atoms with Crippen LogP contribution in [0.4, 0.5) is 0 Å². The molecule has 2 aliphatic rings. The summed E-state index contributed by atoms with van der Waals surface area (Å²) in [6.07, 6.45) is 5.69. The van der Waals surface area contributed by atoms with Gasteiger partial charge in [-0.2, -0.15) is 0 Å². The molecule has 2 fully saturated rings. The number of rotatable bonds is 4. The summed E-state index contributed by atoms with van der Waals surface area (Å²) in [5.41, 5.74) is 1.69. The van der Waals surface area contributed by atoms with Crippen molar-refractivity contribution in [3.8, 4) is 0 Å². The highest BCUT2D eigenvalue weighted by atomic mass is 127. The summed E-state index contributed by atoms with van der Waals surface area (Å²) >= 11 is 0. The number of ether oxygens (including phenoxy) is 1. The monoisotopic (exact) mass is 468 g/mol. The lowest BCUT2D eigenvalue weighted by molar-refractivity contribution is 0.156. The van der Waals surface area contributed by atoms with Crippen LogP contribution in [0.15, 0.2) is 41.5 Å². The number of fused-ring (bicyclic) bond motifs is 1. The Labute approximate surface area is 172 Å². The van der Waals surface area contributed by atoms with Gasteiger partial charge in [-0.05, 0) is 36.8 Å². The van der Waals surface area contributed by atoms with Gasteiger partial charge < -0.3 is 19.5 Å². The van der Waals surface area contributed by atoms with Crippen LogP contribution in [-0.4, -0.2) is 55.3 Å². The van der Waals surface area contributed by atoms with Crippen molar-refractivity contribution in [1.82, 2.24) is 14.8 Å². The van der Waals surface area contributed by atoms with E-state index >= 15 is 0 Å². The zero-order valence-corrected chi connectivity index (χ0v) is 17.8. The minimum absolute atomic E-state index is 0. The van der Waals surface area contributed by atoms with Gasteiger partial charge in [0.2, 0.25) is 0 Å². The third kappa shape index (κ3) is 4.01. The van der Waals surface area contributed by atoms with E-state index in [4.69, 9.17) is 4.74 Å². The number of guanidine groups is 1. The van der Waals surface area contributed by atoms with E-state index < -0.39 is 0 Å². The molecule has 1 N–H and O–H groups in total. The average Bonchev–Trinajstić information content (AvgIpc) is 3.37. The maximum absolute atomic E-state index is 5.63. The van der Waals surface area contributed by atoms with Crippen LogP contribution < -0.4 is 5.32 Å². The summed E-state index contributed by atoms with van der Waals surface area (Å²) in [6.45, 7) is 5.97. The molecule has 4 rings (SSSR count). The van der Waals surface area contributed by atoms with E-state index in [1.165, 1.54) is 23.7 Å². The number of aryl methyl sites for hydroxylation is 1. The number of likely N-dealkylation sites (tertiary alicyclic amines) is 1. The van der Waals surface area contributed by atoms with Crippen LogP contribution in [0, 0.1) is 5.41 Å². The van der Waals surface area contributed by atoms with Gasteiger partial charge in [-0.3, -0.25) is 4.99 Å². The van der Waals surface area contributed by atoms with E-state index in [9.17, 15) is 0 Å². The molecule has 0 bridgehead atoms. The van der Waals surface area contributed by atoms with Crippen molar-refractivity contribution >= 4 is 40.8 Å². The first-order valence-electron chi connectivity index (χ1n) is 9.37. The molecule has 2 aliphatic heterocycles. The third-order valence-electron chi connectivity index (χ3n) is 5.67. The first-order chi connectivity index (χ1) is 12.3. The zero-order chi connectivity index (χ0) is 17.1. The van der Waals surface area contributed by atoms with E-state index in [0.717, 1.165) is 51.8 Å². The highest BCUT2D eigenvalue weighted by Gasteiger charge is 2.42. The summed E-state index contributed by atoms with van der Waals surface area (Å²) in [5.74, 6) is 1.04. The van der Waals surface area contributed by atoms with E-state index in [1.54, 1.807) is 0 Å². The molecule has 142 valence electrons. The number of hydrogen-bond acceptors (Lipinski definition) is 2. The second-order valence-electron chi connectivity index (χ2n) is 7.37. The minimum atomic E-state index is 0. The topological polar surface area (TPSA) is 41.8 Å². The van der Waals surface area contributed by atoms with Gasteiger partial charge >= 0.3 is 0 Å². The van der Waals surface area contributed by atoms with Crippen molar-refractivity contribution < 1.29 is 4.74 Å². The summed E-state index contributed by atoms with van der Waals surface area (Å²) < 4.78 is 7.96. The Balaban J connectivity index is 0.00000196. The minimum Gasteiger partial charge on any atom is -0.381 e. The number of para-hydroxylation sites is 1. The lowest BCUT2D eigenvalue weighted by atomic mass is 9.87. The van der Waals surface area contributed by atoms with Gasteiger partial charge in [0, 0.05) is 57.0 Å². The van der Waals surface area contributed by atoms with Crippen LogP contribution in [0.25, 0.3) is 10.9 Å². The zero-order valence-electron chi connectivity index (χ0n) is 15.5. The molecule has 6 heteroatoms. The van der Waals surface area contributed by atoms with E-state index in [2.05, 4.69) is 56.3 Å². The molecule has 1 atom stereocenters. The van der Waals surface area contributed by atoms with Crippen molar-refractivity contribution in [3.63, 3.8) is 0 Å². The molecule has 1 unspecified atom stereocenters. The fraction of sp³-hybridized carbons (Fsp3) is 0.550. The van der Waals surface area contributed by atoms with Gasteiger partial charge in [0.25, 0.3) is 0 Å². The van der Waals surface area contributed by atoms with Crippen LogP contribution in [0.5, 0.6) is 0 Å². The summed E-state index contributed by atoms with van der Waals surface area (Å²) in [6, 6.07) is 10.7. The smallest absolute Gasteiger partial charge is 0.193 e. The number of hydrogen-bond donors (Lipinski definition) is 1. The number of halogens is 1. The molecule has 0 aliphatic carbocycles. The van der Waals surface area contributed by atoms with Crippen molar-refractivity contribution in [3.05, 3.63) is 36.5 Å². The molecular formula is C20H29IN4O. The second-order valence-corrected chi connectivity index (χ2v) is 7.37. The molecule has 26 heavy (non-hydrogen) atoms. The highest BCUT2D eigenvalue weighted by molar-refractivity contribution is 14.0. The molecule has 2 aromatic rings. The van der Waals surface area contributed by atoms with Crippen molar-refractivity contribution in [1.29, 1.82) is 0 Å². The normalized spacial score (nSPS) is 23.0. The molecule has 0 saturated carbocycles. The van der Waals surface area contributed by atoms with Gasteiger partial charge in [0.1, 0.15) is 0 Å². The molecular weight excluding hydrogens is 439 g/mol. The molecule has 1 aromatic carbocycles. The van der Waals surface area contributed by atoms with Crippen molar-refractivity contribution in [2.24, 2.45) is 10.4 Å². The van der Waals surface area contributed by atoms with Crippen LogP contribution in [0.2, 0.25) is 0 Å². The van der Waals surface area contributed by atoms with Crippen LogP contribution in [-0.2, 0) is 11.3 Å². The van der Waals surface area contributed by atoms with Crippen molar-refractivity contribution in [2.45, 2.75) is 25.8 Å². The largest absolute Gasteiger partial charge is 0.381 e. The Morgan fingerprint density at radius 1 is 1.27 bits per heavy atom. The predicted octanol–water partition coefficient (Wildman–Crippen LogP) is 3.34. The maximum atomic E-state index is 5.63. The lowest BCUT2D eigenvalue weighted by Gasteiger charge is -2.25. The number of benzene rings is 1. The first kappa shape index (κ1) is 19.5. The van der Waals surface area contributed by atoms with Crippen molar-refractivity contribution in [2.75, 3.05) is 39.9 Å².